The summed E-state index contributed by atoms with van der Waals surface area (Å²) in [6.45, 7) is -0.353. The number of halogens is 4. The number of nitrogens with zero attached hydrogens (tertiary/aromatic N) is 2. The molecule has 4 heterocycles. The molecule has 4 unspecified atom stereocenters. The van der Waals surface area contributed by atoms with Gasteiger partial charge >= 0.3 is 0 Å². The maximum absolute atomic E-state index is 14.9. The molecule has 0 aromatic heterocycles. The number of imide groups is 1. The first-order valence-corrected chi connectivity index (χ1v) is 11.5. The molecule has 3 saturated heterocycles. The van der Waals surface area contributed by atoms with Crippen LogP contribution in [-0.2, 0) is 19.9 Å². The molecule has 34 heavy (non-hydrogen) atoms. The first-order chi connectivity index (χ1) is 16.9. The summed E-state index contributed by atoms with van der Waals surface area (Å²) in [4.78, 5) is 43.9. The van der Waals surface area contributed by atoms with Crippen molar-refractivity contribution in [3.05, 3.63) is 51.0 Å². The Labute approximate surface area is 211 Å². The largest absolute Gasteiger partial charge is 0.497 e. The van der Waals surface area contributed by atoms with E-state index >= 15 is 0 Å². The Morgan fingerprint density at radius 2 is 1.85 bits per heavy atom. The molecule has 11 heteroatoms. The number of methoxy groups -OCH3 is 1. The Morgan fingerprint density at radius 1 is 1.12 bits per heavy atom. The highest BCUT2D eigenvalue weighted by Gasteiger charge is 2.75. The van der Waals surface area contributed by atoms with Crippen LogP contribution in [0.5, 0.6) is 5.75 Å². The van der Waals surface area contributed by atoms with Gasteiger partial charge in [-0.1, -0.05) is 34.8 Å². The van der Waals surface area contributed by atoms with Crippen molar-refractivity contribution in [2.45, 2.75) is 24.2 Å². The van der Waals surface area contributed by atoms with Crippen LogP contribution in [0.4, 0.5) is 15.8 Å². The number of rotatable bonds is 2. The average molecular weight is 527 g/mol. The van der Waals surface area contributed by atoms with Crippen molar-refractivity contribution >= 4 is 63.9 Å². The van der Waals surface area contributed by atoms with Crippen LogP contribution in [-0.4, -0.2) is 48.5 Å². The lowest BCUT2D eigenvalue weighted by Crippen LogP contribution is -2.54. The van der Waals surface area contributed by atoms with Crippen molar-refractivity contribution in [1.29, 1.82) is 0 Å². The minimum atomic E-state index is -2.71. The van der Waals surface area contributed by atoms with E-state index in [-0.39, 0.29) is 50.7 Å². The Balaban J connectivity index is 1.66. The minimum absolute atomic E-state index is 0.0266. The maximum atomic E-state index is 14.9. The quantitative estimate of drug-likeness (QED) is 0.598. The fourth-order valence-electron chi connectivity index (χ4n) is 5.65. The summed E-state index contributed by atoms with van der Waals surface area (Å²) >= 11 is 18.8. The van der Waals surface area contributed by atoms with Crippen molar-refractivity contribution in [1.82, 2.24) is 4.90 Å². The molecule has 4 aliphatic rings. The summed E-state index contributed by atoms with van der Waals surface area (Å²) in [5.74, 6) is -8.03. The number of carbonyl (C=O) groups excluding carboxylic acids is 3. The molecule has 1 spiro atoms. The summed E-state index contributed by atoms with van der Waals surface area (Å²) in [6, 6.07) is 5.65. The number of amides is 3. The van der Waals surface area contributed by atoms with E-state index in [1.54, 1.807) is 0 Å². The predicted octanol–water partition coefficient (Wildman–Crippen LogP) is 4.03. The van der Waals surface area contributed by atoms with E-state index in [4.69, 9.17) is 39.5 Å². The normalized spacial score (nSPS) is 37.0. The van der Waals surface area contributed by atoms with Gasteiger partial charge in [0, 0.05) is 37.0 Å². The summed E-state index contributed by atoms with van der Waals surface area (Å²) in [6.07, 6.45) is -1.80. The third-order valence-electron chi connectivity index (χ3n) is 6.86. The minimum Gasteiger partial charge on any atom is -0.497 e. The molecule has 0 aliphatic carbocycles. The van der Waals surface area contributed by atoms with E-state index in [2.05, 4.69) is 5.32 Å². The van der Waals surface area contributed by atoms with E-state index in [0.29, 0.717) is 4.90 Å². The number of hydrogen-bond donors (Lipinski definition) is 1. The molecule has 6 rings (SSSR count). The highest BCUT2D eigenvalue weighted by molar-refractivity contribution is 6.38. The van der Waals surface area contributed by atoms with E-state index in [1.165, 1.54) is 42.3 Å². The molecule has 2 aromatic rings. The maximum Gasteiger partial charge on any atom is 0.250 e. The van der Waals surface area contributed by atoms with Gasteiger partial charge in [0.05, 0.1) is 35.3 Å². The number of benzene rings is 2. The number of alkyl halides is 1. The Morgan fingerprint density at radius 3 is 2.59 bits per heavy atom. The molecule has 2 aromatic carbocycles. The number of carbonyl (C=O) groups is 3. The van der Waals surface area contributed by atoms with Gasteiger partial charge in [-0.05, 0) is 30.7 Å². The second-order valence-electron chi connectivity index (χ2n) is 8.56. The summed E-state index contributed by atoms with van der Waals surface area (Å²) in [5.41, 5.74) is -2.10. The first kappa shape index (κ1) is 19.9. The Hall–Kier alpha value is -2.39. The lowest BCUT2D eigenvalue weighted by atomic mass is 9.75. The van der Waals surface area contributed by atoms with Gasteiger partial charge in [-0.25, -0.2) is 9.29 Å². The smallest absolute Gasteiger partial charge is 0.250 e. The van der Waals surface area contributed by atoms with Crippen molar-refractivity contribution in [3.8, 4) is 5.75 Å². The van der Waals surface area contributed by atoms with Gasteiger partial charge in [0.2, 0.25) is 11.8 Å². The lowest BCUT2D eigenvalue weighted by molar-refractivity contribution is -0.135. The van der Waals surface area contributed by atoms with E-state index < -0.39 is 47.3 Å². The van der Waals surface area contributed by atoms with Crippen LogP contribution >= 0.6 is 34.8 Å². The average Bonchev–Trinajstić information content (AvgIpc) is 3.43. The molecule has 5 atom stereocenters. The zero-order chi connectivity index (χ0) is 25.9. The van der Waals surface area contributed by atoms with Crippen molar-refractivity contribution in [2.24, 2.45) is 11.8 Å². The van der Waals surface area contributed by atoms with Crippen LogP contribution < -0.4 is 15.0 Å². The molecule has 4 aliphatic heterocycles. The first-order valence-electron chi connectivity index (χ1n) is 11.4. The standard InChI is InChI=1S/C23H17Cl3FN3O4/c1-34-13-3-9(24)2-12(7-13)30-20(31)17-16-6-11(27)8-29(16)23(18(17)21(30)32)14-4-10(25)5-15(26)19(14)28-22(23)33/h2-5,7,11,16-18H,6,8H2,1H3,(H,28,33)/t11-,16?,17?,18?,23?/m0/s1/i17D,18D. The molecule has 3 fully saturated rings. The molecule has 0 radical (unpaired) electrons. The molecule has 7 nitrogen and oxygen atoms in total. The zero-order valence-electron chi connectivity index (χ0n) is 19.5. The topological polar surface area (TPSA) is 78.9 Å². The van der Waals surface area contributed by atoms with Crippen LogP contribution in [0.15, 0.2) is 30.3 Å². The van der Waals surface area contributed by atoms with Gasteiger partial charge in [-0.15, -0.1) is 0 Å². The van der Waals surface area contributed by atoms with Gasteiger partial charge in [-0.3, -0.25) is 19.3 Å². The number of anilines is 2. The number of nitrogens with one attached hydrogen (secondary N) is 1. The second kappa shape index (κ2) is 7.31. The molecule has 176 valence electrons. The van der Waals surface area contributed by atoms with Crippen LogP contribution in [0.3, 0.4) is 0 Å². The van der Waals surface area contributed by atoms with Crippen molar-refractivity contribution < 1.29 is 26.3 Å². The van der Waals surface area contributed by atoms with Gasteiger partial charge in [0.15, 0.2) is 0 Å². The van der Waals surface area contributed by atoms with Crippen LogP contribution in [0, 0.1) is 11.8 Å². The monoisotopic (exact) mass is 525 g/mol. The Kier molecular flexibility index (Phi) is 4.27. The molecule has 0 bridgehead atoms. The van der Waals surface area contributed by atoms with Crippen molar-refractivity contribution in [3.63, 3.8) is 0 Å². The fraction of sp³-hybridized carbons (Fsp3) is 0.348. The third kappa shape index (κ3) is 2.65. The zero-order valence-corrected chi connectivity index (χ0v) is 19.8. The molecule has 0 saturated carbocycles. The Bertz CT molecular complexity index is 1410. The molecule has 3 amide bonds. The molecular formula is C23H17Cl3FN3O4. The summed E-state index contributed by atoms with van der Waals surface area (Å²) in [7, 11) is 1.37. The number of ether oxygens (including phenoxy) is 1. The van der Waals surface area contributed by atoms with Crippen LogP contribution in [0.25, 0.3) is 0 Å². The number of hydrogen-bond acceptors (Lipinski definition) is 5. The van der Waals surface area contributed by atoms with Crippen LogP contribution in [0.1, 0.15) is 14.7 Å². The predicted molar refractivity (Wildman–Crippen MR) is 124 cm³/mol. The highest BCUT2D eigenvalue weighted by Crippen LogP contribution is 2.62. The fourth-order valence-corrected chi connectivity index (χ4v) is 6.41. The van der Waals surface area contributed by atoms with Gasteiger partial charge < -0.3 is 10.1 Å². The van der Waals surface area contributed by atoms with E-state index in [0.717, 1.165) is 0 Å². The van der Waals surface area contributed by atoms with Crippen molar-refractivity contribution in [2.75, 3.05) is 23.9 Å². The number of fused-ring (bicyclic) bond motifs is 7. The van der Waals surface area contributed by atoms with Gasteiger partial charge in [0.25, 0.3) is 5.91 Å². The summed E-state index contributed by atoms with van der Waals surface area (Å²) in [5, 5.41) is 2.91. The van der Waals surface area contributed by atoms with E-state index in [1.807, 2.05) is 0 Å². The third-order valence-corrected chi connectivity index (χ3v) is 7.59. The van der Waals surface area contributed by atoms with Gasteiger partial charge in [-0.2, -0.15) is 0 Å². The SMILES string of the molecule is [2H]C12C(=O)N(c3cc(Cl)cc(OC)c3)C(=O)C1([2H])C1(C(=O)Nc3c(Cl)cc(Cl)cc31)N1C[C@@H](F)CC12. The lowest BCUT2D eigenvalue weighted by Gasteiger charge is -2.36. The van der Waals surface area contributed by atoms with Gasteiger partial charge in [0.1, 0.15) is 17.5 Å². The summed E-state index contributed by atoms with van der Waals surface area (Å²) < 4.78 is 39.1. The van der Waals surface area contributed by atoms with Crippen LogP contribution in [0.2, 0.25) is 15.1 Å². The van der Waals surface area contributed by atoms with E-state index in [9.17, 15) is 21.5 Å². The molecular weight excluding hydrogens is 508 g/mol. The second-order valence-corrected chi connectivity index (χ2v) is 9.84. The molecule has 1 N–H and O–H groups in total. The highest BCUT2D eigenvalue weighted by atomic mass is 35.5.